The first-order chi connectivity index (χ1) is 34.5. The summed E-state index contributed by atoms with van der Waals surface area (Å²) in [7, 11) is 0. The summed E-state index contributed by atoms with van der Waals surface area (Å²) >= 11 is 0. The Morgan fingerprint density at radius 1 is 0.300 bits per heavy atom. The predicted molar refractivity (Wildman–Crippen MR) is 302 cm³/mol. The number of hydrogen-bond donors (Lipinski definition) is 0. The standard InChI is InChI=1S/C64H102O6/c1-4-7-10-13-16-19-22-25-27-28-29-30-31-32-33-34-35-36-37-40-42-45-48-51-54-57-63(66)69-60-61(59-68-62(65)56-53-50-47-44-41-38-24-21-18-15-12-9-6-3)70-64(67)58-55-52-49-46-43-39-26-23-20-17-14-11-8-5-2/h7,9-10,12,16,18-19,21,23,25-27,29-30,32-33,35-36,38,41,47,50,61H,4-6,8,11,13-15,17,20,22,24,28,31,34,37,39-40,42-46,48-49,51-60H2,1-3H3/b10-7-,12-9-,19-16-,21-18-,26-23-,27-25-,30-29-,33-32-,36-35-,41-38-,50-47-. The van der Waals surface area contributed by atoms with Crippen LogP contribution in [-0.4, -0.2) is 37.2 Å². The van der Waals surface area contributed by atoms with E-state index in [0.29, 0.717) is 19.3 Å². The van der Waals surface area contributed by atoms with Crippen LogP contribution in [0.4, 0.5) is 0 Å². The SMILES string of the molecule is CC/C=C\C/C=C\C/C=C\C/C=C\C/C=C\C/C=C\CCCCCCCCC(=O)OCC(COC(=O)CC/C=C\C/C=C\C/C=C\C/C=C\CC)OC(=O)CCCCCCC/C=C\CCCCCCC. The van der Waals surface area contributed by atoms with Crippen molar-refractivity contribution < 1.29 is 28.6 Å². The lowest BCUT2D eigenvalue weighted by atomic mass is 10.1. The lowest BCUT2D eigenvalue weighted by Gasteiger charge is -2.18. The van der Waals surface area contributed by atoms with Gasteiger partial charge in [0.05, 0.1) is 0 Å². The third-order valence-electron chi connectivity index (χ3n) is 11.4. The second kappa shape index (κ2) is 57.1. The highest BCUT2D eigenvalue weighted by atomic mass is 16.6. The van der Waals surface area contributed by atoms with Crippen LogP contribution in [0.1, 0.15) is 233 Å². The van der Waals surface area contributed by atoms with Gasteiger partial charge in [0.1, 0.15) is 13.2 Å². The maximum atomic E-state index is 12.8. The molecule has 0 saturated heterocycles. The highest BCUT2D eigenvalue weighted by molar-refractivity contribution is 5.71. The highest BCUT2D eigenvalue weighted by Gasteiger charge is 2.19. The summed E-state index contributed by atoms with van der Waals surface area (Å²) in [6, 6.07) is 0. The first kappa shape index (κ1) is 65.5. The van der Waals surface area contributed by atoms with Crippen LogP contribution in [0.25, 0.3) is 0 Å². The molecule has 0 fully saturated rings. The van der Waals surface area contributed by atoms with E-state index in [9.17, 15) is 14.4 Å². The van der Waals surface area contributed by atoms with Crippen LogP contribution in [0.15, 0.2) is 134 Å². The zero-order chi connectivity index (χ0) is 50.7. The van der Waals surface area contributed by atoms with Gasteiger partial charge in [-0.2, -0.15) is 0 Å². The fourth-order valence-electron chi connectivity index (χ4n) is 7.22. The summed E-state index contributed by atoms with van der Waals surface area (Å²) in [5.74, 6) is -1.03. The smallest absolute Gasteiger partial charge is 0.306 e. The van der Waals surface area contributed by atoms with Crippen molar-refractivity contribution in [1.29, 1.82) is 0 Å². The van der Waals surface area contributed by atoms with Crippen molar-refractivity contribution in [3.8, 4) is 0 Å². The van der Waals surface area contributed by atoms with Crippen LogP contribution in [0, 0.1) is 0 Å². The average Bonchev–Trinajstić information content (AvgIpc) is 3.36. The van der Waals surface area contributed by atoms with Crippen molar-refractivity contribution in [3.05, 3.63) is 134 Å². The van der Waals surface area contributed by atoms with Crippen molar-refractivity contribution in [3.63, 3.8) is 0 Å². The van der Waals surface area contributed by atoms with Gasteiger partial charge in [0.15, 0.2) is 6.10 Å². The van der Waals surface area contributed by atoms with E-state index in [2.05, 4.69) is 142 Å². The molecule has 0 amide bonds. The third kappa shape index (κ3) is 54.5. The lowest BCUT2D eigenvalue weighted by Crippen LogP contribution is -2.30. The molecule has 1 atom stereocenters. The quantitative estimate of drug-likeness (QED) is 0.0262. The summed E-state index contributed by atoms with van der Waals surface area (Å²) < 4.78 is 16.7. The number of ether oxygens (including phenoxy) is 3. The molecule has 70 heavy (non-hydrogen) atoms. The van der Waals surface area contributed by atoms with Crippen molar-refractivity contribution >= 4 is 17.9 Å². The van der Waals surface area contributed by atoms with Gasteiger partial charge in [0, 0.05) is 19.3 Å². The van der Waals surface area contributed by atoms with Gasteiger partial charge in [-0.1, -0.05) is 225 Å². The van der Waals surface area contributed by atoms with Gasteiger partial charge in [-0.25, -0.2) is 0 Å². The molecule has 0 heterocycles. The molecule has 0 aromatic rings. The summed E-state index contributed by atoms with van der Waals surface area (Å²) in [6.07, 6.45) is 80.3. The van der Waals surface area contributed by atoms with Crippen molar-refractivity contribution in [2.45, 2.75) is 239 Å². The largest absolute Gasteiger partial charge is 0.462 e. The monoisotopic (exact) mass is 967 g/mol. The van der Waals surface area contributed by atoms with Crippen molar-refractivity contribution in [2.24, 2.45) is 0 Å². The summed E-state index contributed by atoms with van der Waals surface area (Å²) in [5, 5.41) is 0. The lowest BCUT2D eigenvalue weighted by molar-refractivity contribution is -0.166. The first-order valence-corrected chi connectivity index (χ1v) is 28.2. The van der Waals surface area contributed by atoms with Crippen LogP contribution in [0.2, 0.25) is 0 Å². The second-order valence-corrected chi connectivity index (χ2v) is 18.1. The number of allylic oxidation sites excluding steroid dienone is 22. The number of hydrogen-bond acceptors (Lipinski definition) is 6. The summed E-state index contributed by atoms with van der Waals surface area (Å²) in [4.78, 5) is 38.1. The van der Waals surface area contributed by atoms with Crippen molar-refractivity contribution in [1.82, 2.24) is 0 Å². The zero-order valence-corrected chi connectivity index (χ0v) is 45.0. The molecule has 6 heteroatoms. The third-order valence-corrected chi connectivity index (χ3v) is 11.4. The van der Waals surface area contributed by atoms with E-state index in [0.717, 1.165) is 128 Å². The summed E-state index contributed by atoms with van der Waals surface area (Å²) in [6.45, 7) is 6.30. The molecule has 0 aliphatic rings. The molecular formula is C64H102O6. The maximum absolute atomic E-state index is 12.8. The molecule has 0 aliphatic heterocycles. The minimum atomic E-state index is -0.822. The number of unbranched alkanes of at least 4 members (excludes halogenated alkanes) is 16. The maximum Gasteiger partial charge on any atom is 0.306 e. The fourth-order valence-corrected chi connectivity index (χ4v) is 7.22. The Kier molecular flexibility index (Phi) is 53.5. The molecule has 0 radical (unpaired) electrons. The number of carbonyl (C=O) groups is 3. The van der Waals surface area contributed by atoms with E-state index in [-0.39, 0.29) is 37.5 Å². The molecule has 0 saturated carbocycles. The number of esters is 3. The molecular weight excluding hydrogens is 865 g/mol. The first-order valence-electron chi connectivity index (χ1n) is 28.2. The van der Waals surface area contributed by atoms with Crippen LogP contribution < -0.4 is 0 Å². The highest BCUT2D eigenvalue weighted by Crippen LogP contribution is 2.13. The minimum absolute atomic E-state index is 0.116. The second-order valence-electron chi connectivity index (χ2n) is 18.1. The molecule has 0 N–H and O–H groups in total. The van der Waals surface area contributed by atoms with Crippen molar-refractivity contribution in [2.75, 3.05) is 13.2 Å². The Hall–Kier alpha value is -4.45. The Morgan fingerprint density at radius 2 is 0.586 bits per heavy atom. The zero-order valence-electron chi connectivity index (χ0n) is 45.0. The normalized spacial score (nSPS) is 13.1. The molecule has 394 valence electrons. The van der Waals surface area contributed by atoms with E-state index in [1.807, 2.05) is 12.2 Å². The average molecular weight is 968 g/mol. The van der Waals surface area contributed by atoms with E-state index >= 15 is 0 Å². The predicted octanol–water partition coefficient (Wildman–Crippen LogP) is 19.0. The van der Waals surface area contributed by atoms with Crippen LogP contribution in [-0.2, 0) is 28.6 Å². The topological polar surface area (TPSA) is 78.9 Å². The van der Waals surface area contributed by atoms with E-state index in [1.54, 1.807) is 0 Å². The minimum Gasteiger partial charge on any atom is -0.462 e. The van der Waals surface area contributed by atoms with E-state index in [4.69, 9.17) is 14.2 Å². The Morgan fingerprint density at radius 3 is 0.971 bits per heavy atom. The fraction of sp³-hybridized carbons (Fsp3) is 0.609. The van der Waals surface area contributed by atoms with Gasteiger partial charge < -0.3 is 14.2 Å². The molecule has 0 aliphatic carbocycles. The molecule has 0 aromatic heterocycles. The van der Waals surface area contributed by atoms with Gasteiger partial charge in [-0.05, 0) is 122 Å². The molecule has 0 aromatic carbocycles. The van der Waals surface area contributed by atoms with Gasteiger partial charge in [-0.3, -0.25) is 14.4 Å². The Balaban J connectivity index is 4.44. The van der Waals surface area contributed by atoms with Gasteiger partial charge in [0.25, 0.3) is 0 Å². The molecule has 1 unspecified atom stereocenters. The van der Waals surface area contributed by atoms with Crippen LogP contribution in [0.3, 0.4) is 0 Å². The van der Waals surface area contributed by atoms with Gasteiger partial charge in [-0.15, -0.1) is 0 Å². The molecule has 0 rings (SSSR count). The molecule has 0 spiro atoms. The Labute approximate surface area is 430 Å². The molecule has 0 bridgehead atoms. The Bertz CT molecular complexity index is 1530. The van der Waals surface area contributed by atoms with E-state index in [1.165, 1.54) is 57.8 Å². The van der Waals surface area contributed by atoms with E-state index < -0.39 is 6.10 Å². The number of carbonyl (C=O) groups excluding carboxylic acids is 3. The van der Waals surface area contributed by atoms with Gasteiger partial charge >= 0.3 is 17.9 Å². The molecule has 6 nitrogen and oxygen atoms in total. The summed E-state index contributed by atoms with van der Waals surface area (Å²) in [5.41, 5.74) is 0. The van der Waals surface area contributed by atoms with Crippen LogP contribution >= 0.6 is 0 Å². The number of rotatable bonds is 49. The van der Waals surface area contributed by atoms with Crippen LogP contribution in [0.5, 0.6) is 0 Å². The van der Waals surface area contributed by atoms with Gasteiger partial charge in [0.2, 0.25) is 0 Å².